The van der Waals surface area contributed by atoms with E-state index in [4.69, 9.17) is 17.3 Å². The number of carbonyl (C=O) groups is 1. The SMILES string of the molecule is CCCCC(CCC)NC(=O)c1ccc(N)c(Cl)c1. The number of hydrogen-bond acceptors (Lipinski definition) is 2. The minimum atomic E-state index is -0.0727. The van der Waals surface area contributed by atoms with Gasteiger partial charge in [0, 0.05) is 11.6 Å². The summed E-state index contributed by atoms with van der Waals surface area (Å²) in [7, 11) is 0. The monoisotopic (exact) mass is 282 g/mol. The smallest absolute Gasteiger partial charge is 0.251 e. The Balaban J connectivity index is 2.66. The molecule has 0 aliphatic carbocycles. The number of nitrogen functional groups attached to an aromatic ring is 1. The fourth-order valence-corrected chi connectivity index (χ4v) is 2.21. The lowest BCUT2D eigenvalue weighted by Gasteiger charge is -2.18. The van der Waals surface area contributed by atoms with Crippen LogP contribution in [0.1, 0.15) is 56.3 Å². The van der Waals surface area contributed by atoms with Gasteiger partial charge in [-0.1, -0.05) is 44.7 Å². The predicted molar refractivity (Wildman–Crippen MR) is 81.6 cm³/mol. The highest BCUT2D eigenvalue weighted by molar-refractivity contribution is 6.33. The van der Waals surface area contributed by atoms with Crippen LogP contribution in [-0.4, -0.2) is 11.9 Å². The van der Waals surface area contributed by atoms with Crippen LogP contribution in [0, 0.1) is 0 Å². The van der Waals surface area contributed by atoms with Crippen LogP contribution in [0.5, 0.6) is 0 Å². The van der Waals surface area contributed by atoms with E-state index in [1.165, 1.54) is 0 Å². The molecule has 4 heteroatoms. The highest BCUT2D eigenvalue weighted by Gasteiger charge is 2.13. The van der Waals surface area contributed by atoms with Crippen molar-refractivity contribution in [2.24, 2.45) is 0 Å². The zero-order valence-electron chi connectivity index (χ0n) is 11.7. The zero-order chi connectivity index (χ0) is 14.3. The van der Waals surface area contributed by atoms with Crippen molar-refractivity contribution in [2.45, 2.75) is 52.0 Å². The number of benzene rings is 1. The topological polar surface area (TPSA) is 55.1 Å². The van der Waals surface area contributed by atoms with Crippen LogP contribution in [0.25, 0.3) is 0 Å². The van der Waals surface area contributed by atoms with Gasteiger partial charge in [-0.15, -0.1) is 0 Å². The molecular weight excluding hydrogens is 260 g/mol. The second-order valence-corrected chi connectivity index (χ2v) is 5.24. The molecule has 0 heterocycles. The normalized spacial score (nSPS) is 12.2. The first kappa shape index (κ1) is 15.8. The molecule has 106 valence electrons. The lowest BCUT2D eigenvalue weighted by Crippen LogP contribution is -2.34. The van der Waals surface area contributed by atoms with Crippen LogP contribution in [-0.2, 0) is 0 Å². The van der Waals surface area contributed by atoms with Gasteiger partial charge in [-0.25, -0.2) is 0 Å². The van der Waals surface area contributed by atoms with Crippen molar-refractivity contribution in [2.75, 3.05) is 5.73 Å². The van der Waals surface area contributed by atoms with E-state index < -0.39 is 0 Å². The van der Waals surface area contributed by atoms with Gasteiger partial charge in [-0.3, -0.25) is 4.79 Å². The summed E-state index contributed by atoms with van der Waals surface area (Å²) in [5.41, 5.74) is 6.70. The minimum absolute atomic E-state index is 0.0727. The van der Waals surface area contributed by atoms with Crippen LogP contribution < -0.4 is 11.1 Å². The Morgan fingerprint density at radius 2 is 2.05 bits per heavy atom. The minimum Gasteiger partial charge on any atom is -0.398 e. The molecular formula is C15H23ClN2O. The second-order valence-electron chi connectivity index (χ2n) is 4.84. The van der Waals surface area contributed by atoms with E-state index in [1.54, 1.807) is 18.2 Å². The molecule has 19 heavy (non-hydrogen) atoms. The van der Waals surface area contributed by atoms with Gasteiger partial charge < -0.3 is 11.1 Å². The number of hydrogen-bond donors (Lipinski definition) is 2. The van der Waals surface area contributed by atoms with Crippen molar-refractivity contribution in [3.05, 3.63) is 28.8 Å². The van der Waals surface area contributed by atoms with E-state index in [9.17, 15) is 4.79 Å². The van der Waals surface area contributed by atoms with Crippen molar-refractivity contribution >= 4 is 23.2 Å². The van der Waals surface area contributed by atoms with Gasteiger partial charge in [0.1, 0.15) is 0 Å². The number of anilines is 1. The van der Waals surface area contributed by atoms with Gasteiger partial charge in [0.25, 0.3) is 5.91 Å². The van der Waals surface area contributed by atoms with E-state index in [-0.39, 0.29) is 11.9 Å². The Bertz CT molecular complexity index is 421. The molecule has 0 radical (unpaired) electrons. The van der Waals surface area contributed by atoms with Crippen molar-refractivity contribution in [3.8, 4) is 0 Å². The van der Waals surface area contributed by atoms with Gasteiger partial charge in [0.15, 0.2) is 0 Å². The van der Waals surface area contributed by atoms with Gasteiger partial charge in [0.2, 0.25) is 0 Å². The van der Waals surface area contributed by atoms with E-state index >= 15 is 0 Å². The molecule has 0 saturated carbocycles. The fraction of sp³-hybridized carbons (Fsp3) is 0.533. The summed E-state index contributed by atoms with van der Waals surface area (Å²) in [4.78, 5) is 12.1. The standard InChI is InChI=1S/C15H23ClN2O/c1-3-5-7-12(6-4-2)18-15(19)11-8-9-14(17)13(16)10-11/h8-10,12H,3-7,17H2,1-2H3,(H,18,19). The third-order valence-corrected chi connectivity index (χ3v) is 3.47. The summed E-state index contributed by atoms with van der Waals surface area (Å²) in [6.45, 7) is 4.29. The molecule has 1 amide bonds. The first-order valence-electron chi connectivity index (χ1n) is 6.94. The van der Waals surface area contributed by atoms with Gasteiger partial charge >= 0.3 is 0 Å². The molecule has 0 aromatic heterocycles. The molecule has 0 bridgehead atoms. The Morgan fingerprint density at radius 1 is 1.32 bits per heavy atom. The predicted octanol–water partition coefficient (Wildman–Crippen LogP) is 4.01. The number of unbranched alkanes of at least 4 members (excludes halogenated alkanes) is 1. The number of carbonyl (C=O) groups excluding carboxylic acids is 1. The summed E-state index contributed by atoms with van der Waals surface area (Å²) in [6.07, 6.45) is 5.38. The summed E-state index contributed by atoms with van der Waals surface area (Å²) in [6, 6.07) is 5.24. The molecule has 1 aromatic carbocycles. The van der Waals surface area contributed by atoms with Crippen LogP contribution in [0.3, 0.4) is 0 Å². The Labute approximate surface area is 120 Å². The van der Waals surface area contributed by atoms with E-state index in [0.29, 0.717) is 16.3 Å². The van der Waals surface area contributed by atoms with Gasteiger partial charge in [-0.2, -0.15) is 0 Å². The first-order chi connectivity index (χ1) is 9.08. The quantitative estimate of drug-likeness (QED) is 0.743. The third kappa shape index (κ3) is 5.11. The lowest BCUT2D eigenvalue weighted by molar-refractivity contribution is 0.0932. The summed E-state index contributed by atoms with van der Waals surface area (Å²) >= 11 is 5.93. The summed E-state index contributed by atoms with van der Waals surface area (Å²) in [5, 5.41) is 3.50. The largest absolute Gasteiger partial charge is 0.398 e. The molecule has 0 aliphatic rings. The number of amides is 1. The number of rotatable bonds is 7. The molecule has 3 N–H and O–H groups in total. The third-order valence-electron chi connectivity index (χ3n) is 3.14. The van der Waals surface area contributed by atoms with E-state index in [1.807, 2.05) is 0 Å². The van der Waals surface area contributed by atoms with Crippen LogP contribution in [0.2, 0.25) is 5.02 Å². The first-order valence-corrected chi connectivity index (χ1v) is 7.32. The van der Waals surface area contributed by atoms with Gasteiger partial charge in [0.05, 0.1) is 10.7 Å². The second kappa shape index (κ2) is 8.05. The maximum atomic E-state index is 12.1. The summed E-state index contributed by atoms with van der Waals surface area (Å²) in [5.74, 6) is -0.0727. The number of nitrogens with one attached hydrogen (secondary N) is 1. The number of halogens is 1. The summed E-state index contributed by atoms with van der Waals surface area (Å²) < 4.78 is 0. The highest BCUT2D eigenvalue weighted by Crippen LogP contribution is 2.20. The van der Waals surface area contributed by atoms with Crippen molar-refractivity contribution in [3.63, 3.8) is 0 Å². The van der Waals surface area contributed by atoms with E-state index in [0.717, 1.165) is 32.1 Å². The average Bonchev–Trinajstić information content (AvgIpc) is 2.39. The molecule has 0 fully saturated rings. The average molecular weight is 283 g/mol. The molecule has 0 saturated heterocycles. The zero-order valence-corrected chi connectivity index (χ0v) is 12.5. The van der Waals surface area contributed by atoms with Crippen LogP contribution in [0.15, 0.2) is 18.2 Å². The van der Waals surface area contributed by atoms with Crippen LogP contribution >= 0.6 is 11.6 Å². The maximum absolute atomic E-state index is 12.1. The molecule has 1 aromatic rings. The molecule has 1 rings (SSSR count). The Hall–Kier alpha value is -1.22. The lowest BCUT2D eigenvalue weighted by atomic mass is 10.0. The maximum Gasteiger partial charge on any atom is 0.251 e. The Morgan fingerprint density at radius 3 is 2.63 bits per heavy atom. The highest BCUT2D eigenvalue weighted by atomic mass is 35.5. The fourth-order valence-electron chi connectivity index (χ4n) is 2.02. The number of nitrogens with two attached hydrogens (primary N) is 1. The van der Waals surface area contributed by atoms with Crippen LogP contribution in [0.4, 0.5) is 5.69 Å². The van der Waals surface area contributed by atoms with Crippen molar-refractivity contribution < 1.29 is 4.79 Å². The van der Waals surface area contributed by atoms with E-state index in [2.05, 4.69) is 19.2 Å². The Kier molecular flexibility index (Phi) is 6.71. The molecule has 3 nitrogen and oxygen atoms in total. The molecule has 0 spiro atoms. The van der Waals surface area contributed by atoms with Crippen molar-refractivity contribution in [1.29, 1.82) is 0 Å². The molecule has 0 aliphatic heterocycles. The van der Waals surface area contributed by atoms with Gasteiger partial charge in [-0.05, 0) is 31.0 Å². The molecule has 1 atom stereocenters. The molecule has 1 unspecified atom stereocenters. The van der Waals surface area contributed by atoms with Crippen molar-refractivity contribution in [1.82, 2.24) is 5.32 Å².